The number of rotatable bonds is 8. The predicted molar refractivity (Wildman–Crippen MR) is 81.1 cm³/mol. The number of nitrogens with one attached hydrogen (secondary N) is 1. The Morgan fingerprint density at radius 2 is 2.00 bits per heavy atom. The standard InChI is InChI=1S/C14H22ClNO.ClH/c1-3-5-6-9-16-11-12-10-13(15)7-8-14(12)17-4-2;/h7-8,10,16H,3-6,9,11H2,1-2H3;1H. The summed E-state index contributed by atoms with van der Waals surface area (Å²) in [6.07, 6.45) is 3.75. The molecule has 104 valence electrons. The van der Waals surface area contributed by atoms with Crippen LogP contribution in [0.1, 0.15) is 38.7 Å². The van der Waals surface area contributed by atoms with Gasteiger partial charge in [0, 0.05) is 17.1 Å². The average molecular weight is 292 g/mol. The highest BCUT2D eigenvalue weighted by atomic mass is 35.5. The zero-order chi connectivity index (χ0) is 12.5. The van der Waals surface area contributed by atoms with Gasteiger partial charge >= 0.3 is 0 Å². The van der Waals surface area contributed by atoms with Gasteiger partial charge in [-0.15, -0.1) is 12.4 Å². The molecule has 0 aromatic heterocycles. The molecule has 1 aromatic carbocycles. The highest BCUT2D eigenvalue weighted by Gasteiger charge is 2.03. The van der Waals surface area contributed by atoms with Crippen LogP contribution < -0.4 is 10.1 Å². The minimum absolute atomic E-state index is 0. The van der Waals surface area contributed by atoms with E-state index in [0.717, 1.165) is 29.4 Å². The van der Waals surface area contributed by atoms with E-state index in [1.807, 2.05) is 25.1 Å². The van der Waals surface area contributed by atoms with Gasteiger partial charge in [-0.3, -0.25) is 0 Å². The van der Waals surface area contributed by atoms with Gasteiger partial charge in [0.15, 0.2) is 0 Å². The summed E-state index contributed by atoms with van der Waals surface area (Å²) in [6.45, 7) is 6.76. The van der Waals surface area contributed by atoms with E-state index in [1.54, 1.807) is 0 Å². The first kappa shape index (κ1) is 17.6. The topological polar surface area (TPSA) is 21.3 Å². The Balaban J connectivity index is 0.00000289. The molecule has 0 radical (unpaired) electrons. The summed E-state index contributed by atoms with van der Waals surface area (Å²) in [5.74, 6) is 0.930. The number of ether oxygens (including phenoxy) is 1. The Hall–Kier alpha value is -0.440. The van der Waals surface area contributed by atoms with E-state index in [2.05, 4.69) is 12.2 Å². The Kier molecular flexibility index (Phi) is 10.2. The van der Waals surface area contributed by atoms with Gasteiger partial charge in [-0.2, -0.15) is 0 Å². The molecule has 0 unspecified atom stereocenters. The summed E-state index contributed by atoms with van der Waals surface area (Å²) in [5.41, 5.74) is 1.14. The number of benzene rings is 1. The summed E-state index contributed by atoms with van der Waals surface area (Å²) in [4.78, 5) is 0. The van der Waals surface area contributed by atoms with Gasteiger partial charge in [-0.1, -0.05) is 31.4 Å². The molecule has 1 N–H and O–H groups in total. The first-order chi connectivity index (χ1) is 8.27. The van der Waals surface area contributed by atoms with E-state index in [4.69, 9.17) is 16.3 Å². The second-order valence-corrected chi connectivity index (χ2v) is 4.51. The van der Waals surface area contributed by atoms with Gasteiger partial charge < -0.3 is 10.1 Å². The van der Waals surface area contributed by atoms with Crippen LogP contribution in [0.3, 0.4) is 0 Å². The minimum atomic E-state index is 0. The lowest BCUT2D eigenvalue weighted by Crippen LogP contribution is -2.15. The molecular weight excluding hydrogens is 269 g/mol. The molecule has 0 fully saturated rings. The van der Waals surface area contributed by atoms with Crippen molar-refractivity contribution >= 4 is 24.0 Å². The molecule has 1 aromatic rings. The largest absolute Gasteiger partial charge is 0.494 e. The van der Waals surface area contributed by atoms with Crippen molar-refractivity contribution in [2.75, 3.05) is 13.2 Å². The Morgan fingerprint density at radius 1 is 1.22 bits per heavy atom. The Morgan fingerprint density at radius 3 is 2.67 bits per heavy atom. The lowest BCUT2D eigenvalue weighted by atomic mass is 10.2. The maximum absolute atomic E-state index is 6.00. The first-order valence-electron chi connectivity index (χ1n) is 6.39. The molecule has 0 atom stereocenters. The van der Waals surface area contributed by atoms with E-state index in [1.165, 1.54) is 19.3 Å². The van der Waals surface area contributed by atoms with E-state index < -0.39 is 0 Å². The van der Waals surface area contributed by atoms with Crippen molar-refractivity contribution in [3.63, 3.8) is 0 Å². The van der Waals surface area contributed by atoms with E-state index in [9.17, 15) is 0 Å². The highest BCUT2D eigenvalue weighted by molar-refractivity contribution is 6.30. The summed E-state index contributed by atoms with van der Waals surface area (Å²) >= 11 is 6.00. The van der Waals surface area contributed by atoms with Crippen molar-refractivity contribution in [2.24, 2.45) is 0 Å². The molecule has 0 aliphatic heterocycles. The van der Waals surface area contributed by atoms with Crippen LogP contribution in [0.5, 0.6) is 5.75 Å². The molecular formula is C14H23Cl2NO. The van der Waals surface area contributed by atoms with Crippen molar-refractivity contribution in [2.45, 2.75) is 39.7 Å². The monoisotopic (exact) mass is 291 g/mol. The van der Waals surface area contributed by atoms with Gasteiger partial charge in [0.2, 0.25) is 0 Å². The van der Waals surface area contributed by atoms with E-state index in [-0.39, 0.29) is 12.4 Å². The summed E-state index contributed by atoms with van der Waals surface area (Å²) < 4.78 is 5.57. The first-order valence-corrected chi connectivity index (χ1v) is 6.77. The van der Waals surface area contributed by atoms with Crippen LogP contribution in [-0.4, -0.2) is 13.2 Å². The molecule has 0 saturated heterocycles. The third-order valence-corrected chi connectivity index (χ3v) is 2.83. The molecule has 0 saturated carbocycles. The van der Waals surface area contributed by atoms with Crippen molar-refractivity contribution in [3.8, 4) is 5.75 Å². The molecule has 0 spiro atoms. The zero-order valence-corrected chi connectivity index (χ0v) is 12.7. The molecule has 1 rings (SSSR count). The average Bonchev–Trinajstić information content (AvgIpc) is 2.32. The van der Waals surface area contributed by atoms with Crippen LogP contribution in [0.25, 0.3) is 0 Å². The summed E-state index contributed by atoms with van der Waals surface area (Å²) in [5, 5.41) is 4.19. The zero-order valence-electron chi connectivity index (χ0n) is 11.2. The van der Waals surface area contributed by atoms with Crippen molar-refractivity contribution < 1.29 is 4.74 Å². The van der Waals surface area contributed by atoms with Crippen molar-refractivity contribution in [1.82, 2.24) is 5.32 Å². The second kappa shape index (κ2) is 10.5. The van der Waals surface area contributed by atoms with E-state index >= 15 is 0 Å². The lowest BCUT2D eigenvalue weighted by Gasteiger charge is -2.11. The Bertz CT molecular complexity index is 332. The van der Waals surface area contributed by atoms with Gasteiger partial charge in [-0.05, 0) is 38.1 Å². The molecule has 0 aliphatic rings. The van der Waals surface area contributed by atoms with Crippen LogP contribution in [0.15, 0.2) is 18.2 Å². The Labute approximate surface area is 121 Å². The number of halogens is 2. The fourth-order valence-electron chi connectivity index (χ4n) is 1.71. The molecule has 0 bridgehead atoms. The maximum Gasteiger partial charge on any atom is 0.123 e. The summed E-state index contributed by atoms with van der Waals surface area (Å²) in [7, 11) is 0. The number of hydrogen-bond donors (Lipinski definition) is 1. The predicted octanol–water partition coefficient (Wildman–Crippen LogP) is 4.44. The highest BCUT2D eigenvalue weighted by Crippen LogP contribution is 2.22. The third-order valence-electron chi connectivity index (χ3n) is 2.59. The number of unbranched alkanes of at least 4 members (excludes halogenated alkanes) is 2. The molecule has 4 heteroatoms. The smallest absolute Gasteiger partial charge is 0.123 e. The minimum Gasteiger partial charge on any atom is -0.494 e. The lowest BCUT2D eigenvalue weighted by molar-refractivity contribution is 0.335. The molecule has 0 amide bonds. The molecule has 18 heavy (non-hydrogen) atoms. The van der Waals surface area contributed by atoms with Crippen LogP contribution in [0.4, 0.5) is 0 Å². The fraction of sp³-hybridized carbons (Fsp3) is 0.571. The van der Waals surface area contributed by atoms with Crippen molar-refractivity contribution in [3.05, 3.63) is 28.8 Å². The normalized spacial score (nSPS) is 9.94. The van der Waals surface area contributed by atoms with Gasteiger partial charge in [-0.25, -0.2) is 0 Å². The number of hydrogen-bond acceptors (Lipinski definition) is 2. The summed E-state index contributed by atoms with van der Waals surface area (Å²) in [6, 6.07) is 5.78. The molecule has 0 heterocycles. The fourth-order valence-corrected chi connectivity index (χ4v) is 1.90. The molecule has 0 aliphatic carbocycles. The van der Waals surface area contributed by atoms with Gasteiger partial charge in [0.25, 0.3) is 0 Å². The van der Waals surface area contributed by atoms with Crippen molar-refractivity contribution in [1.29, 1.82) is 0 Å². The SMILES string of the molecule is CCCCCNCc1cc(Cl)ccc1OCC.Cl. The van der Waals surface area contributed by atoms with Crippen LogP contribution in [0, 0.1) is 0 Å². The van der Waals surface area contributed by atoms with Crippen LogP contribution in [0.2, 0.25) is 5.02 Å². The quantitative estimate of drug-likeness (QED) is 0.715. The van der Waals surface area contributed by atoms with E-state index in [0.29, 0.717) is 6.61 Å². The third kappa shape index (κ3) is 6.48. The van der Waals surface area contributed by atoms with Gasteiger partial charge in [0.1, 0.15) is 5.75 Å². The maximum atomic E-state index is 6.00. The molecule has 2 nitrogen and oxygen atoms in total. The second-order valence-electron chi connectivity index (χ2n) is 4.07. The van der Waals surface area contributed by atoms with Gasteiger partial charge in [0.05, 0.1) is 6.61 Å². The van der Waals surface area contributed by atoms with Crippen LogP contribution >= 0.6 is 24.0 Å². The van der Waals surface area contributed by atoms with Crippen LogP contribution in [-0.2, 0) is 6.54 Å².